The van der Waals surface area contributed by atoms with Gasteiger partial charge in [-0.25, -0.2) is 0 Å². The van der Waals surface area contributed by atoms with Gasteiger partial charge < -0.3 is 14.8 Å². The Morgan fingerprint density at radius 2 is 2.07 bits per heavy atom. The monoisotopic (exact) mass is 446 g/mol. The van der Waals surface area contributed by atoms with Crippen LogP contribution in [0.15, 0.2) is 40.9 Å². The van der Waals surface area contributed by atoms with Gasteiger partial charge in [0.15, 0.2) is 11.5 Å². The highest BCUT2D eigenvalue weighted by atomic mass is 79.9. The van der Waals surface area contributed by atoms with E-state index in [0.717, 1.165) is 41.2 Å². The first-order valence-electron chi connectivity index (χ1n) is 10.1. The van der Waals surface area contributed by atoms with Crippen LogP contribution in [0.5, 0.6) is 11.5 Å². The largest absolute Gasteiger partial charge is 0.493 e. The molecule has 0 aliphatic carbocycles. The van der Waals surface area contributed by atoms with E-state index in [2.05, 4.69) is 76.4 Å². The molecule has 1 heterocycles. The number of rotatable bonds is 9. The van der Waals surface area contributed by atoms with Crippen LogP contribution in [-0.2, 0) is 13.2 Å². The molecule has 1 atom stereocenters. The van der Waals surface area contributed by atoms with E-state index in [1.54, 1.807) is 7.11 Å². The maximum absolute atomic E-state index is 6.07. The smallest absolute Gasteiger partial charge is 0.175 e. The summed E-state index contributed by atoms with van der Waals surface area (Å²) in [6.07, 6.45) is 2.60. The Hall–Kier alpha value is -1.56. The van der Waals surface area contributed by atoms with Crippen LogP contribution in [-0.4, -0.2) is 37.7 Å². The summed E-state index contributed by atoms with van der Waals surface area (Å²) in [5.74, 6) is 1.51. The van der Waals surface area contributed by atoms with E-state index < -0.39 is 0 Å². The van der Waals surface area contributed by atoms with Crippen molar-refractivity contribution in [3.8, 4) is 11.5 Å². The average Bonchev–Trinajstić information content (AvgIpc) is 3.14. The Balaban J connectivity index is 1.60. The maximum atomic E-state index is 6.07. The predicted octanol–water partition coefficient (Wildman–Crippen LogP) is 4.92. The third kappa shape index (κ3) is 5.49. The van der Waals surface area contributed by atoms with Crippen molar-refractivity contribution in [2.24, 2.45) is 0 Å². The number of ether oxygens (including phenoxy) is 2. The standard InChI is InChI=1S/C23H31BrN2O2/c1-4-26-10-6-9-20(26)15-25-14-19-12-21(24)23(22(13-19)27-3)28-16-18-8-5-7-17(2)11-18/h5,7-8,11-13,20,25H,4,6,9-10,14-16H2,1-3H3/t20-/m1/s1. The van der Waals surface area contributed by atoms with E-state index in [1.165, 1.54) is 30.5 Å². The number of methoxy groups -OCH3 is 1. The molecule has 4 nitrogen and oxygen atoms in total. The molecular formula is C23H31BrN2O2. The fourth-order valence-electron chi connectivity index (χ4n) is 3.90. The second kappa shape index (κ2) is 10.3. The summed E-state index contributed by atoms with van der Waals surface area (Å²) in [6, 6.07) is 13.2. The predicted molar refractivity (Wildman–Crippen MR) is 118 cm³/mol. The van der Waals surface area contributed by atoms with Gasteiger partial charge in [0.1, 0.15) is 6.61 Å². The van der Waals surface area contributed by atoms with Crippen LogP contribution in [0.1, 0.15) is 36.5 Å². The van der Waals surface area contributed by atoms with Crippen LogP contribution in [0, 0.1) is 6.92 Å². The Morgan fingerprint density at radius 1 is 1.21 bits per heavy atom. The Labute approximate surface area is 177 Å². The number of aryl methyl sites for hydroxylation is 1. The molecule has 1 saturated heterocycles. The van der Waals surface area contributed by atoms with Gasteiger partial charge in [-0.1, -0.05) is 36.8 Å². The molecule has 1 aliphatic heterocycles. The van der Waals surface area contributed by atoms with E-state index in [4.69, 9.17) is 9.47 Å². The molecule has 0 unspecified atom stereocenters. The molecule has 1 N–H and O–H groups in total. The van der Waals surface area contributed by atoms with Crippen LogP contribution in [0.25, 0.3) is 0 Å². The van der Waals surface area contributed by atoms with Gasteiger partial charge in [0.2, 0.25) is 0 Å². The maximum Gasteiger partial charge on any atom is 0.175 e. The molecule has 1 fully saturated rings. The number of likely N-dealkylation sites (tertiary alicyclic amines) is 1. The van der Waals surface area contributed by atoms with Crippen LogP contribution in [0.3, 0.4) is 0 Å². The molecule has 1 aliphatic rings. The third-order valence-corrected chi connectivity index (χ3v) is 5.96. The van der Waals surface area contributed by atoms with E-state index in [1.807, 2.05) is 0 Å². The molecule has 152 valence electrons. The fraction of sp³-hybridized carbons (Fsp3) is 0.478. The Kier molecular flexibility index (Phi) is 7.77. The quantitative estimate of drug-likeness (QED) is 0.592. The number of nitrogens with one attached hydrogen (secondary N) is 1. The zero-order valence-electron chi connectivity index (χ0n) is 17.1. The van der Waals surface area contributed by atoms with Crippen LogP contribution >= 0.6 is 15.9 Å². The fourth-order valence-corrected chi connectivity index (χ4v) is 4.50. The molecule has 0 radical (unpaired) electrons. The normalized spacial score (nSPS) is 17.1. The lowest BCUT2D eigenvalue weighted by atomic mass is 10.1. The van der Waals surface area contributed by atoms with E-state index >= 15 is 0 Å². The van der Waals surface area contributed by atoms with E-state index in [0.29, 0.717) is 12.6 Å². The zero-order chi connectivity index (χ0) is 19.9. The molecule has 0 aromatic heterocycles. The van der Waals surface area contributed by atoms with Crippen LogP contribution < -0.4 is 14.8 Å². The van der Waals surface area contributed by atoms with Crippen molar-refractivity contribution in [2.45, 2.75) is 45.9 Å². The summed E-state index contributed by atoms with van der Waals surface area (Å²) in [7, 11) is 1.69. The summed E-state index contributed by atoms with van der Waals surface area (Å²) in [5.41, 5.74) is 3.57. The molecule has 0 bridgehead atoms. The van der Waals surface area contributed by atoms with Crippen LogP contribution in [0.2, 0.25) is 0 Å². The topological polar surface area (TPSA) is 33.7 Å². The minimum absolute atomic E-state index is 0.517. The van der Waals surface area contributed by atoms with Crippen molar-refractivity contribution in [1.82, 2.24) is 10.2 Å². The highest BCUT2D eigenvalue weighted by molar-refractivity contribution is 9.10. The Morgan fingerprint density at radius 3 is 2.82 bits per heavy atom. The lowest BCUT2D eigenvalue weighted by molar-refractivity contribution is 0.259. The average molecular weight is 447 g/mol. The molecule has 2 aromatic rings. The molecule has 0 spiro atoms. The highest BCUT2D eigenvalue weighted by Crippen LogP contribution is 2.37. The number of nitrogens with zero attached hydrogens (tertiary/aromatic N) is 1. The summed E-state index contributed by atoms with van der Waals surface area (Å²) >= 11 is 3.66. The number of likely N-dealkylation sites (N-methyl/N-ethyl adjacent to an activating group) is 1. The van der Waals surface area contributed by atoms with E-state index in [-0.39, 0.29) is 0 Å². The van der Waals surface area contributed by atoms with Crippen molar-refractivity contribution in [1.29, 1.82) is 0 Å². The lowest BCUT2D eigenvalue weighted by Gasteiger charge is -2.23. The summed E-state index contributed by atoms with van der Waals surface area (Å²) in [6.45, 7) is 9.07. The second-order valence-corrected chi connectivity index (χ2v) is 8.30. The summed E-state index contributed by atoms with van der Waals surface area (Å²) in [4.78, 5) is 2.56. The first-order valence-corrected chi connectivity index (χ1v) is 10.9. The summed E-state index contributed by atoms with van der Waals surface area (Å²) < 4.78 is 12.6. The van der Waals surface area contributed by atoms with Gasteiger partial charge in [0.05, 0.1) is 11.6 Å². The number of benzene rings is 2. The second-order valence-electron chi connectivity index (χ2n) is 7.44. The van der Waals surface area contributed by atoms with Gasteiger partial charge in [-0.3, -0.25) is 4.90 Å². The van der Waals surface area contributed by atoms with Crippen molar-refractivity contribution in [3.05, 3.63) is 57.6 Å². The van der Waals surface area contributed by atoms with Gasteiger partial charge >= 0.3 is 0 Å². The molecule has 5 heteroatoms. The number of halogens is 1. The van der Waals surface area contributed by atoms with Gasteiger partial charge in [0.25, 0.3) is 0 Å². The minimum Gasteiger partial charge on any atom is -0.493 e. The number of hydrogen-bond acceptors (Lipinski definition) is 4. The van der Waals surface area contributed by atoms with Crippen LogP contribution in [0.4, 0.5) is 0 Å². The minimum atomic E-state index is 0.517. The Bertz CT molecular complexity index is 781. The molecule has 0 amide bonds. The van der Waals surface area contributed by atoms with Crippen molar-refractivity contribution >= 4 is 15.9 Å². The van der Waals surface area contributed by atoms with Gasteiger partial charge in [-0.15, -0.1) is 0 Å². The molecule has 3 rings (SSSR count). The molecule has 2 aromatic carbocycles. The van der Waals surface area contributed by atoms with Gasteiger partial charge in [-0.2, -0.15) is 0 Å². The zero-order valence-corrected chi connectivity index (χ0v) is 18.7. The molecule has 0 saturated carbocycles. The van der Waals surface area contributed by atoms with Crippen molar-refractivity contribution in [2.75, 3.05) is 26.7 Å². The van der Waals surface area contributed by atoms with Gasteiger partial charge in [-0.05, 0) is 72.0 Å². The molecular weight excluding hydrogens is 416 g/mol. The molecule has 28 heavy (non-hydrogen) atoms. The SMILES string of the molecule is CCN1CCC[C@@H]1CNCc1cc(Br)c(OCc2cccc(C)c2)c(OC)c1. The summed E-state index contributed by atoms with van der Waals surface area (Å²) in [5, 5.41) is 3.61. The third-order valence-electron chi connectivity index (χ3n) is 5.37. The highest BCUT2D eigenvalue weighted by Gasteiger charge is 2.22. The van der Waals surface area contributed by atoms with Crippen molar-refractivity contribution in [3.63, 3.8) is 0 Å². The first kappa shape index (κ1) is 21.2. The van der Waals surface area contributed by atoms with E-state index in [9.17, 15) is 0 Å². The first-order chi connectivity index (χ1) is 13.6. The lowest BCUT2D eigenvalue weighted by Crippen LogP contribution is -2.37. The number of hydrogen-bond donors (Lipinski definition) is 1. The van der Waals surface area contributed by atoms with Crippen molar-refractivity contribution < 1.29 is 9.47 Å². The van der Waals surface area contributed by atoms with Gasteiger partial charge in [0, 0.05) is 19.1 Å².